The van der Waals surface area contributed by atoms with Gasteiger partial charge in [-0.15, -0.1) is 24.0 Å². The third kappa shape index (κ3) is 7.39. The molecule has 1 aromatic carbocycles. The molecule has 0 fully saturated rings. The molecule has 0 unspecified atom stereocenters. The molecule has 1 aromatic heterocycles. The number of alkyl halides is 3. The molecule has 0 saturated carbocycles. The summed E-state index contributed by atoms with van der Waals surface area (Å²) in [5, 5.41) is 7.33. The van der Waals surface area contributed by atoms with E-state index in [4.69, 9.17) is 0 Å². The Labute approximate surface area is 174 Å². The largest absolute Gasteiger partial charge is 0.416 e. The Balaban J connectivity index is 0.00000364. The Bertz CT molecular complexity index is 725. The molecule has 0 amide bonds. The van der Waals surface area contributed by atoms with Crippen molar-refractivity contribution in [2.24, 2.45) is 12.0 Å². The van der Waals surface area contributed by atoms with Crippen LogP contribution in [0.1, 0.15) is 23.6 Å². The topological polar surface area (TPSA) is 45.5 Å². The maximum atomic E-state index is 12.6. The van der Waals surface area contributed by atoms with Gasteiger partial charge in [-0.05, 0) is 36.6 Å². The summed E-state index contributed by atoms with van der Waals surface area (Å²) >= 11 is 0. The molecular formula is C18H25F3IN5. The normalized spacial score (nSPS) is 11.9. The van der Waals surface area contributed by atoms with Gasteiger partial charge in [0.25, 0.3) is 0 Å². The average molecular weight is 495 g/mol. The number of hydrogen-bond donors (Lipinski definition) is 1. The van der Waals surface area contributed by atoms with Gasteiger partial charge >= 0.3 is 6.18 Å². The second-order valence-corrected chi connectivity index (χ2v) is 6.06. The molecule has 5 nitrogen and oxygen atoms in total. The number of nitrogens with one attached hydrogen (secondary N) is 1. The van der Waals surface area contributed by atoms with E-state index in [1.165, 1.54) is 12.1 Å². The summed E-state index contributed by atoms with van der Waals surface area (Å²) in [5.74, 6) is 0.719. The standard InChI is InChI=1S/C18H24F3N5.HI/c1-4-22-17(23-10-9-15-11-24-26(3)13-15)25(2)12-14-5-7-16(8-6-14)18(19,20)21;/h5-8,11,13H,4,9-10,12H2,1-3H3,(H,22,23);1H. The Hall–Kier alpha value is -1.78. The molecule has 0 aliphatic carbocycles. The minimum absolute atomic E-state index is 0. The molecule has 0 aliphatic rings. The highest BCUT2D eigenvalue weighted by atomic mass is 127. The van der Waals surface area contributed by atoms with Gasteiger partial charge in [0.1, 0.15) is 0 Å². The lowest BCUT2D eigenvalue weighted by Crippen LogP contribution is -2.38. The van der Waals surface area contributed by atoms with Crippen molar-refractivity contribution in [2.45, 2.75) is 26.1 Å². The van der Waals surface area contributed by atoms with Gasteiger partial charge in [0, 0.05) is 39.9 Å². The third-order valence-electron chi connectivity index (χ3n) is 3.82. The van der Waals surface area contributed by atoms with Crippen LogP contribution in [0.3, 0.4) is 0 Å². The van der Waals surface area contributed by atoms with E-state index in [2.05, 4.69) is 15.4 Å². The zero-order valence-corrected chi connectivity index (χ0v) is 18.0. The smallest absolute Gasteiger partial charge is 0.357 e. The Morgan fingerprint density at radius 2 is 1.89 bits per heavy atom. The molecule has 9 heteroatoms. The zero-order valence-electron chi connectivity index (χ0n) is 15.6. The summed E-state index contributed by atoms with van der Waals surface area (Å²) in [5.41, 5.74) is 1.26. The monoisotopic (exact) mass is 495 g/mol. The van der Waals surface area contributed by atoms with E-state index in [1.807, 2.05) is 38.3 Å². The van der Waals surface area contributed by atoms with Crippen LogP contribution >= 0.6 is 24.0 Å². The molecule has 150 valence electrons. The molecule has 0 atom stereocenters. The Morgan fingerprint density at radius 3 is 2.41 bits per heavy atom. The molecular weight excluding hydrogens is 470 g/mol. The van der Waals surface area contributed by atoms with E-state index < -0.39 is 11.7 Å². The molecule has 1 N–H and O–H groups in total. The van der Waals surface area contributed by atoms with Gasteiger partial charge in [-0.1, -0.05) is 12.1 Å². The van der Waals surface area contributed by atoms with Gasteiger partial charge in [0.05, 0.1) is 11.8 Å². The van der Waals surface area contributed by atoms with Gasteiger partial charge in [-0.2, -0.15) is 18.3 Å². The van der Waals surface area contributed by atoms with Crippen molar-refractivity contribution in [3.05, 3.63) is 53.3 Å². The second kappa shape index (κ2) is 10.5. The molecule has 0 radical (unpaired) electrons. The van der Waals surface area contributed by atoms with E-state index >= 15 is 0 Å². The van der Waals surface area contributed by atoms with E-state index in [1.54, 1.807) is 4.68 Å². The van der Waals surface area contributed by atoms with Gasteiger partial charge in [-0.3, -0.25) is 9.67 Å². The molecule has 0 bridgehead atoms. The summed E-state index contributed by atoms with van der Waals surface area (Å²) in [6, 6.07) is 5.21. The molecule has 0 spiro atoms. The van der Waals surface area contributed by atoms with Gasteiger partial charge < -0.3 is 10.2 Å². The quantitative estimate of drug-likeness (QED) is 0.378. The maximum Gasteiger partial charge on any atom is 0.416 e. The van der Waals surface area contributed by atoms with E-state index in [0.29, 0.717) is 19.6 Å². The summed E-state index contributed by atoms with van der Waals surface area (Å²) in [7, 11) is 3.73. The summed E-state index contributed by atoms with van der Waals surface area (Å²) in [4.78, 5) is 6.48. The number of hydrogen-bond acceptors (Lipinski definition) is 2. The number of halogens is 4. The van der Waals surface area contributed by atoms with Crippen molar-refractivity contribution in [1.82, 2.24) is 20.0 Å². The molecule has 0 saturated heterocycles. The van der Waals surface area contributed by atoms with Gasteiger partial charge in [0.2, 0.25) is 0 Å². The lowest BCUT2D eigenvalue weighted by molar-refractivity contribution is -0.137. The molecule has 27 heavy (non-hydrogen) atoms. The van der Waals surface area contributed by atoms with Crippen molar-refractivity contribution in [3.63, 3.8) is 0 Å². The number of benzene rings is 1. The van der Waals surface area contributed by atoms with Crippen LogP contribution in [0.15, 0.2) is 41.7 Å². The van der Waals surface area contributed by atoms with Crippen LogP contribution < -0.4 is 5.32 Å². The minimum atomic E-state index is -4.31. The summed E-state index contributed by atoms with van der Waals surface area (Å²) in [6.45, 7) is 3.76. The summed E-state index contributed by atoms with van der Waals surface area (Å²) in [6.07, 6.45) is 0.229. The molecule has 2 aromatic rings. The van der Waals surface area contributed by atoms with Crippen LogP contribution in [0, 0.1) is 0 Å². The van der Waals surface area contributed by atoms with Crippen LogP contribution in [0.25, 0.3) is 0 Å². The molecule has 2 rings (SSSR count). The predicted octanol–water partition coefficient (Wildman–Crippen LogP) is 3.70. The highest BCUT2D eigenvalue weighted by molar-refractivity contribution is 14.0. The average Bonchev–Trinajstić information content (AvgIpc) is 2.99. The predicted molar refractivity (Wildman–Crippen MR) is 111 cm³/mol. The maximum absolute atomic E-state index is 12.6. The van der Waals surface area contributed by atoms with E-state index in [9.17, 15) is 13.2 Å². The van der Waals surface area contributed by atoms with Crippen molar-refractivity contribution in [1.29, 1.82) is 0 Å². The SMILES string of the molecule is CCNC(=NCCc1cnn(C)c1)N(C)Cc1ccc(C(F)(F)F)cc1.I. The van der Waals surface area contributed by atoms with Crippen LogP contribution in [-0.2, 0) is 26.2 Å². The lowest BCUT2D eigenvalue weighted by atomic mass is 10.1. The fourth-order valence-electron chi connectivity index (χ4n) is 2.51. The van der Waals surface area contributed by atoms with Crippen LogP contribution in [0.4, 0.5) is 13.2 Å². The van der Waals surface area contributed by atoms with Crippen LogP contribution in [-0.4, -0.2) is 40.8 Å². The highest BCUT2D eigenvalue weighted by Gasteiger charge is 2.29. The Morgan fingerprint density at radius 1 is 1.22 bits per heavy atom. The van der Waals surface area contributed by atoms with Gasteiger partial charge in [0.15, 0.2) is 5.96 Å². The van der Waals surface area contributed by atoms with Crippen molar-refractivity contribution in [2.75, 3.05) is 20.1 Å². The van der Waals surface area contributed by atoms with Crippen molar-refractivity contribution in [3.8, 4) is 0 Å². The molecule has 0 aliphatic heterocycles. The second-order valence-electron chi connectivity index (χ2n) is 6.06. The van der Waals surface area contributed by atoms with E-state index in [-0.39, 0.29) is 24.0 Å². The number of aliphatic imine (C=N–C) groups is 1. The van der Waals surface area contributed by atoms with E-state index in [0.717, 1.165) is 35.6 Å². The summed E-state index contributed by atoms with van der Waals surface area (Å²) < 4.78 is 39.7. The van der Waals surface area contributed by atoms with Crippen molar-refractivity contribution >= 4 is 29.9 Å². The number of guanidine groups is 1. The minimum Gasteiger partial charge on any atom is -0.357 e. The number of aromatic nitrogens is 2. The number of aryl methyl sites for hydroxylation is 1. The first kappa shape index (κ1) is 23.3. The van der Waals surface area contributed by atoms with Crippen LogP contribution in [0.2, 0.25) is 0 Å². The first-order chi connectivity index (χ1) is 12.3. The van der Waals surface area contributed by atoms with Gasteiger partial charge in [-0.25, -0.2) is 0 Å². The Kier molecular flexibility index (Phi) is 9.07. The first-order valence-corrected chi connectivity index (χ1v) is 8.42. The fourth-order valence-corrected chi connectivity index (χ4v) is 2.51. The molecule has 1 heterocycles. The zero-order chi connectivity index (χ0) is 19.2. The van der Waals surface area contributed by atoms with Crippen LogP contribution in [0.5, 0.6) is 0 Å². The lowest BCUT2D eigenvalue weighted by Gasteiger charge is -2.22. The fraction of sp³-hybridized carbons (Fsp3) is 0.444. The number of rotatable bonds is 6. The third-order valence-corrected chi connectivity index (χ3v) is 3.82. The first-order valence-electron chi connectivity index (χ1n) is 8.42. The van der Waals surface area contributed by atoms with Crippen molar-refractivity contribution < 1.29 is 13.2 Å². The highest BCUT2D eigenvalue weighted by Crippen LogP contribution is 2.29. The number of nitrogens with zero attached hydrogens (tertiary/aromatic N) is 4.